The minimum atomic E-state index is -0.148. The summed E-state index contributed by atoms with van der Waals surface area (Å²) < 4.78 is 6.95. The van der Waals surface area contributed by atoms with Gasteiger partial charge in [0.25, 0.3) is 0 Å². The van der Waals surface area contributed by atoms with Gasteiger partial charge in [0.2, 0.25) is 0 Å². The summed E-state index contributed by atoms with van der Waals surface area (Å²) in [6.45, 7) is 2.93. The summed E-state index contributed by atoms with van der Waals surface area (Å²) in [6, 6.07) is 0. The molecule has 2 rings (SSSR count). The van der Waals surface area contributed by atoms with Crippen LogP contribution in [0.15, 0.2) is 0 Å². The second kappa shape index (κ2) is 5.08. The number of nitrogens with zero attached hydrogens (tertiary/aromatic N) is 2. The summed E-state index contributed by atoms with van der Waals surface area (Å²) in [5.41, 5.74) is 0.983. The smallest absolute Gasteiger partial charge is 0.309 e. The first-order valence-electron chi connectivity index (χ1n) is 5.99. The third-order valence-electron chi connectivity index (χ3n) is 3.25. The van der Waals surface area contributed by atoms with Crippen molar-refractivity contribution in [1.82, 2.24) is 9.55 Å². The Morgan fingerprint density at radius 2 is 2.41 bits per heavy atom. The van der Waals surface area contributed by atoms with Crippen molar-refractivity contribution < 1.29 is 9.53 Å². The Labute approximate surface area is 106 Å². The molecule has 0 aromatic carbocycles. The van der Waals surface area contributed by atoms with Crippen molar-refractivity contribution >= 4 is 17.6 Å². The molecule has 1 aromatic rings. The topological polar surface area (TPSA) is 44.1 Å². The van der Waals surface area contributed by atoms with Gasteiger partial charge in [-0.1, -0.05) is 18.5 Å². The largest absolute Gasteiger partial charge is 0.469 e. The molecule has 1 aromatic heterocycles. The van der Waals surface area contributed by atoms with Crippen LogP contribution < -0.4 is 0 Å². The van der Waals surface area contributed by atoms with Gasteiger partial charge in [0, 0.05) is 19.4 Å². The maximum absolute atomic E-state index is 11.5. The Kier molecular flexibility index (Phi) is 3.72. The van der Waals surface area contributed by atoms with Gasteiger partial charge in [0.05, 0.1) is 18.7 Å². The number of aromatic nitrogens is 2. The van der Waals surface area contributed by atoms with Crippen LogP contribution in [-0.4, -0.2) is 22.6 Å². The average Bonchev–Trinajstić information content (AvgIpc) is 2.65. The highest BCUT2D eigenvalue weighted by molar-refractivity contribution is 6.30. The first-order chi connectivity index (χ1) is 8.17. The number of ether oxygens (including phenoxy) is 1. The molecule has 2 heterocycles. The molecule has 1 unspecified atom stereocenters. The van der Waals surface area contributed by atoms with E-state index in [4.69, 9.17) is 16.3 Å². The minimum absolute atomic E-state index is 0.0730. The van der Waals surface area contributed by atoms with Crippen molar-refractivity contribution in [2.75, 3.05) is 7.11 Å². The van der Waals surface area contributed by atoms with Crippen LogP contribution in [0.4, 0.5) is 0 Å². The molecule has 4 nitrogen and oxygen atoms in total. The maximum atomic E-state index is 11.5. The number of carbonyl (C=O) groups excluding carboxylic acids is 1. The van der Waals surface area contributed by atoms with E-state index in [0.717, 1.165) is 37.3 Å². The van der Waals surface area contributed by atoms with E-state index in [9.17, 15) is 4.79 Å². The number of imidazole rings is 1. The van der Waals surface area contributed by atoms with Crippen molar-refractivity contribution in [1.29, 1.82) is 0 Å². The second-order valence-corrected chi connectivity index (χ2v) is 4.74. The van der Waals surface area contributed by atoms with E-state index in [0.29, 0.717) is 11.6 Å². The third kappa shape index (κ3) is 2.32. The fourth-order valence-electron chi connectivity index (χ4n) is 2.37. The lowest BCUT2D eigenvalue weighted by Crippen LogP contribution is -2.27. The molecular weight excluding hydrogens is 240 g/mol. The number of carbonyl (C=O) groups is 1. The summed E-state index contributed by atoms with van der Waals surface area (Å²) in [7, 11) is 1.43. The highest BCUT2D eigenvalue weighted by Crippen LogP contribution is 2.28. The van der Waals surface area contributed by atoms with Crippen LogP contribution in [0.25, 0.3) is 0 Å². The number of hydrogen-bond donors (Lipinski definition) is 0. The van der Waals surface area contributed by atoms with Crippen LogP contribution in [0, 0.1) is 5.92 Å². The lowest BCUT2D eigenvalue weighted by Gasteiger charge is -2.23. The summed E-state index contributed by atoms with van der Waals surface area (Å²) in [6.07, 6.45) is 3.43. The maximum Gasteiger partial charge on any atom is 0.309 e. The molecule has 0 amide bonds. The van der Waals surface area contributed by atoms with Crippen molar-refractivity contribution in [2.45, 2.75) is 39.2 Å². The Bertz CT molecular complexity index is 428. The average molecular weight is 257 g/mol. The van der Waals surface area contributed by atoms with Crippen LogP contribution in [0.3, 0.4) is 0 Å². The zero-order chi connectivity index (χ0) is 12.4. The van der Waals surface area contributed by atoms with Crippen LogP contribution in [0.1, 0.15) is 31.3 Å². The van der Waals surface area contributed by atoms with Crippen LogP contribution in [0.5, 0.6) is 0 Å². The summed E-state index contributed by atoms with van der Waals surface area (Å²) in [5, 5.41) is 0.544. The van der Waals surface area contributed by atoms with Crippen LogP contribution in [0.2, 0.25) is 5.15 Å². The van der Waals surface area contributed by atoms with E-state index in [1.54, 1.807) is 0 Å². The molecule has 0 bridgehead atoms. The van der Waals surface area contributed by atoms with Crippen molar-refractivity contribution in [3.63, 3.8) is 0 Å². The lowest BCUT2D eigenvalue weighted by molar-refractivity contribution is -0.146. The fourth-order valence-corrected chi connectivity index (χ4v) is 2.64. The number of rotatable bonds is 3. The summed E-state index contributed by atoms with van der Waals surface area (Å²) >= 11 is 6.13. The molecule has 0 N–H and O–H groups in total. The van der Waals surface area contributed by atoms with Gasteiger partial charge < -0.3 is 9.30 Å². The van der Waals surface area contributed by atoms with Gasteiger partial charge in [-0.3, -0.25) is 4.79 Å². The van der Waals surface area contributed by atoms with Gasteiger partial charge in [-0.15, -0.1) is 0 Å². The SMILES string of the molecule is CCCc1nc(Cl)c2n1CCC(C(=O)OC)C2. The van der Waals surface area contributed by atoms with E-state index >= 15 is 0 Å². The predicted octanol–water partition coefficient (Wildman–Crippen LogP) is 2.22. The van der Waals surface area contributed by atoms with Crippen molar-refractivity contribution in [3.8, 4) is 0 Å². The van der Waals surface area contributed by atoms with Gasteiger partial charge >= 0.3 is 5.97 Å². The Morgan fingerprint density at radius 1 is 1.65 bits per heavy atom. The van der Waals surface area contributed by atoms with Crippen molar-refractivity contribution in [2.24, 2.45) is 5.92 Å². The quantitative estimate of drug-likeness (QED) is 0.779. The molecule has 94 valence electrons. The number of halogens is 1. The third-order valence-corrected chi connectivity index (χ3v) is 3.55. The summed E-state index contributed by atoms with van der Waals surface area (Å²) in [4.78, 5) is 15.9. The first kappa shape index (κ1) is 12.4. The van der Waals surface area contributed by atoms with E-state index < -0.39 is 0 Å². The standard InChI is InChI=1S/C12H17ClN2O2/c1-3-4-10-14-11(13)9-7-8(12(16)17-2)5-6-15(9)10/h8H,3-7H2,1-2H3. The van der Waals surface area contributed by atoms with Crippen LogP contribution >= 0.6 is 11.6 Å². The molecule has 1 aliphatic rings. The van der Waals surface area contributed by atoms with E-state index in [2.05, 4.69) is 16.5 Å². The Morgan fingerprint density at radius 3 is 3.06 bits per heavy atom. The number of esters is 1. The zero-order valence-electron chi connectivity index (χ0n) is 10.2. The molecule has 0 spiro atoms. The second-order valence-electron chi connectivity index (χ2n) is 4.38. The van der Waals surface area contributed by atoms with Gasteiger partial charge in [-0.2, -0.15) is 0 Å². The molecule has 0 saturated heterocycles. The normalized spacial score (nSPS) is 18.9. The van der Waals surface area contributed by atoms with Crippen molar-refractivity contribution in [3.05, 3.63) is 16.7 Å². The van der Waals surface area contributed by atoms with Gasteiger partial charge in [0.15, 0.2) is 5.15 Å². The fraction of sp³-hybridized carbons (Fsp3) is 0.667. The Balaban J connectivity index is 2.23. The highest BCUT2D eigenvalue weighted by Gasteiger charge is 2.29. The minimum Gasteiger partial charge on any atom is -0.469 e. The zero-order valence-corrected chi connectivity index (χ0v) is 11.0. The molecule has 0 saturated carbocycles. The molecule has 17 heavy (non-hydrogen) atoms. The van der Waals surface area contributed by atoms with E-state index in [1.807, 2.05) is 0 Å². The van der Waals surface area contributed by atoms with Crippen LogP contribution in [-0.2, 0) is 28.9 Å². The molecule has 1 atom stereocenters. The molecule has 0 aliphatic carbocycles. The summed E-state index contributed by atoms with van der Waals surface area (Å²) in [5.74, 6) is 0.817. The number of fused-ring (bicyclic) bond motifs is 1. The van der Waals surface area contributed by atoms with Gasteiger partial charge in [0.1, 0.15) is 5.82 Å². The molecule has 5 heteroatoms. The first-order valence-corrected chi connectivity index (χ1v) is 6.36. The number of methoxy groups -OCH3 is 1. The predicted molar refractivity (Wildman–Crippen MR) is 65.1 cm³/mol. The number of hydrogen-bond acceptors (Lipinski definition) is 3. The number of aryl methyl sites for hydroxylation is 1. The lowest BCUT2D eigenvalue weighted by atomic mass is 9.96. The van der Waals surface area contributed by atoms with E-state index in [1.165, 1.54) is 7.11 Å². The molecular formula is C12H17ClN2O2. The van der Waals surface area contributed by atoms with Gasteiger partial charge in [-0.05, 0) is 12.8 Å². The monoisotopic (exact) mass is 256 g/mol. The molecule has 0 fully saturated rings. The highest BCUT2D eigenvalue weighted by atomic mass is 35.5. The van der Waals surface area contributed by atoms with E-state index in [-0.39, 0.29) is 11.9 Å². The molecule has 1 aliphatic heterocycles. The van der Waals surface area contributed by atoms with Gasteiger partial charge in [-0.25, -0.2) is 4.98 Å². The Hall–Kier alpha value is -1.03. The molecule has 0 radical (unpaired) electrons.